The highest BCUT2D eigenvalue weighted by Crippen LogP contribution is 2.12. The molecule has 0 aromatic carbocycles. The van der Waals surface area contributed by atoms with E-state index < -0.39 is 0 Å². The molecule has 1 rings (SSSR count). The van der Waals surface area contributed by atoms with E-state index in [0.29, 0.717) is 5.82 Å². The third-order valence-corrected chi connectivity index (χ3v) is 2.89. The minimum atomic E-state index is 0.669. The summed E-state index contributed by atoms with van der Waals surface area (Å²) in [6, 6.07) is 2.03. The highest BCUT2D eigenvalue weighted by Gasteiger charge is 2.05. The predicted octanol–water partition coefficient (Wildman–Crippen LogP) is 3.39. The van der Waals surface area contributed by atoms with E-state index in [1.807, 2.05) is 6.07 Å². The Morgan fingerprint density at radius 1 is 1.12 bits per heavy atom. The Labute approximate surface area is 99.0 Å². The molecule has 0 atom stereocenters. The van der Waals surface area contributed by atoms with Gasteiger partial charge in [-0.25, -0.2) is 0 Å². The first kappa shape index (κ1) is 13.1. The summed E-state index contributed by atoms with van der Waals surface area (Å²) >= 11 is 0. The zero-order chi connectivity index (χ0) is 11.8. The maximum Gasteiger partial charge on any atom is 0.145 e. The van der Waals surface area contributed by atoms with Gasteiger partial charge >= 0.3 is 0 Å². The molecule has 1 aromatic heterocycles. The minimum absolute atomic E-state index is 0.669. The number of anilines is 1. The lowest BCUT2D eigenvalue weighted by atomic mass is 10.1. The molecular weight excluding hydrogens is 198 g/mol. The predicted molar refractivity (Wildman–Crippen MR) is 69.4 cm³/mol. The van der Waals surface area contributed by atoms with Crippen molar-refractivity contribution in [3.8, 4) is 0 Å². The molecule has 0 aliphatic heterocycles. The van der Waals surface area contributed by atoms with Crippen LogP contribution < -0.4 is 5.73 Å². The van der Waals surface area contributed by atoms with Crippen molar-refractivity contribution in [1.82, 2.24) is 9.78 Å². The normalized spacial score (nSPS) is 10.9. The number of nitrogens with zero attached hydrogens (tertiary/aromatic N) is 2. The summed E-state index contributed by atoms with van der Waals surface area (Å²) in [5.74, 6) is 0.669. The summed E-state index contributed by atoms with van der Waals surface area (Å²) in [5.41, 5.74) is 7.06. The SMILES string of the molecule is CCCCCc1cc(N)nn1CCCCC. The Kier molecular flexibility index (Phi) is 5.98. The molecule has 0 saturated carbocycles. The van der Waals surface area contributed by atoms with Crippen molar-refractivity contribution < 1.29 is 0 Å². The van der Waals surface area contributed by atoms with Crippen LogP contribution in [0.25, 0.3) is 0 Å². The van der Waals surface area contributed by atoms with Crippen LogP contribution in [0.3, 0.4) is 0 Å². The van der Waals surface area contributed by atoms with Crippen LogP contribution in [0.1, 0.15) is 58.1 Å². The third kappa shape index (κ3) is 4.25. The molecule has 1 heterocycles. The standard InChI is InChI=1S/C13H25N3/c1-3-5-7-9-12-11-13(14)15-16(12)10-8-6-4-2/h11H,3-10H2,1-2H3,(H2,14,15). The Balaban J connectivity index is 2.46. The molecule has 0 unspecified atom stereocenters. The number of nitrogen functional groups attached to an aromatic ring is 1. The molecule has 0 aliphatic carbocycles. The number of aromatic nitrogens is 2. The monoisotopic (exact) mass is 223 g/mol. The Morgan fingerprint density at radius 2 is 1.81 bits per heavy atom. The molecule has 0 saturated heterocycles. The maximum absolute atomic E-state index is 5.76. The fraction of sp³-hybridized carbons (Fsp3) is 0.769. The first-order valence-corrected chi connectivity index (χ1v) is 6.60. The van der Waals surface area contributed by atoms with Crippen LogP contribution in [0, 0.1) is 0 Å². The summed E-state index contributed by atoms with van der Waals surface area (Å²) in [6.07, 6.45) is 8.65. The summed E-state index contributed by atoms with van der Waals surface area (Å²) in [6.45, 7) is 5.47. The molecule has 2 N–H and O–H groups in total. The largest absolute Gasteiger partial charge is 0.382 e. The second-order valence-corrected chi connectivity index (χ2v) is 4.45. The fourth-order valence-corrected chi connectivity index (χ4v) is 1.94. The average molecular weight is 223 g/mol. The summed E-state index contributed by atoms with van der Waals surface area (Å²) < 4.78 is 2.10. The summed E-state index contributed by atoms with van der Waals surface area (Å²) in [5, 5.41) is 4.36. The van der Waals surface area contributed by atoms with Gasteiger partial charge in [-0.2, -0.15) is 5.10 Å². The van der Waals surface area contributed by atoms with Crippen LogP contribution in [0.5, 0.6) is 0 Å². The highest BCUT2D eigenvalue weighted by molar-refractivity contribution is 5.29. The van der Waals surface area contributed by atoms with Crippen molar-refractivity contribution in [2.45, 2.75) is 65.3 Å². The van der Waals surface area contributed by atoms with E-state index in [4.69, 9.17) is 5.73 Å². The van der Waals surface area contributed by atoms with Gasteiger partial charge in [-0.1, -0.05) is 39.5 Å². The average Bonchev–Trinajstić information content (AvgIpc) is 2.60. The van der Waals surface area contributed by atoms with Crippen LogP contribution in [0.15, 0.2) is 6.07 Å². The van der Waals surface area contributed by atoms with Gasteiger partial charge in [-0.05, 0) is 19.3 Å². The molecular formula is C13H25N3. The lowest BCUT2D eigenvalue weighted by molar-refractivity contribution is 0.528. The van der Waals surface area contributed by atoms with E-state index in [2.05, 4.69) is 23.6 Å². The van der Waals surface area contributed by atoms with Gasteiger partial charge in [0, 0.05) is 18.3 Å². The maximum atomic E-state index is 5.76. The first-order valence-electron chi connectivity index (χ1n) is 6.60. The smallest absolute Gasteiger partial charge is 0.145 e. The van der Waals surface area contributed by atoms with Crippen LogP contribution in [0.4, 0.5) is 5.82 Å². The molecule has 3 heteroatoms. The molecule has 0 bridgehead atoms. The van der Waals surface area contributed by atoms with Crippen LogP contribution in [-0.4, -0.2) is 9.78 Å². The number of hydrogen-bond donors (Lipinski definition) is 1. The lowest BCUT2D eigenvalue weighted by Crippen LogP contribution is -2.05. The topological polar surface area (TPSA) is 43.8 Å². The Bertz CT molecular complexity index is 264. The molecule has 0 spiro atoms. The molecule has 1 aromatic rings. The van der Waals surface area contributed by atoms with E-state index in [0.717, 1.165) is 13.0 Å². The number of rotatable bonds is 8. The van der Waals surface area contributed by atoms with Crippen molar-refractivity contribution in [2.24, 2.45) is 0 Å². The molecule has 0 radical (unpaired) electrons. The molecule has 0 amide bonds. The van der Waals surface area contributed by atoms with Gasteiger partial charge in [-0.15, -0.1) is 0 Å². The zero-order valence-electron chi connectivity index (χ0n) is 10.7. The van der Waals surface area contributed by atoms with E-state index in [1.165, 1.54) is 44.2 Å². The van der Waals surface area contributed by atoms with Crippen LogP contribution in [-0.2, 0) is 13.0 Å². The van der Waals surface area contributed by atoms with Gasteiger partial charge in [0.2, 0.25) is 0 Å². The highest BCUT2D eigenvalue weighted by atomic mass is 15.3. The second-order valence-electron chi connectivity index (χ2n) is 4.45. The summed E-state index contributed by atoms with van der Waals surface area (Å²) in [4.78, 5) is 0. The number of nitrogens with two attached hydrogens (primary N) is 1. The lowest BCUT2D eigenvalue weighted by Gasteiger charge is -2.06. The Morgan fingerprint density at radius 3 is 2.50 bits per heavy atom. The van der Waals surface area contributed by atoms with Gasteiger partial charge < -0.3 is 5.73 Å². The number of unbranched alkanes of at least 4 members (excludes halogenated alkanes) is 4. The first-order chi connectivity index (χ1) is 7.77. The van der Waals surface area contributed by atoms with Gasteiger partial charge in [0.15, 0.2) is 0 Å². The van der Waals surface area contributed by atoms with Crippen molar-refractivity contribution in [2.75, 3.05) is 5.73 Å². The van der Waals surface area contributed by atoms with Gasteiger partial charge in [0.05, 0.1) is 0 Å². The molecule has 0 fully saturated rings. The van der Waals surface area contributed by atoms with Gasteiger partial charge in [0.1, 0.15) is 5.82 Å². The zero-order valence-corrected chi connectivity index (χ0v) is 10.7. The van der Waals surface area contributed by atoms with Crippen molar-refractivity contribution in [1.29, 1.82) is 0 Å². The molecule has 3 nitrogen and oxygen atoms in total. The van der Waals surface area contributed by atoms with Crippen LogP contribution >= 0.6 is 0 Å². The number of aryl methyl sites for hydroxylation is 2. The van der Waals surface area contributed by atoms with Crippen molar-refractivity contribution in [3.63, 3.8) is 0 Å². The Hall–Kier alpha value is -0.990. The van der Waals surface area contributed by atoms with E-state index in [-0.39, 0.29) is 0 Å². The third-order valence-electron chi connectivity index (χ3n) is 2.89. The van der Waals surface area contributed by atoms with Gasteiger partial charge in [0.25, 0.3) is 0 Å². The van der Waals surface area contributed by atoms with E-state index in [1.54, 1.807) is 0 Å². The number of hydrogen-bond acceptors (Lipinski definition) is 2. The molecule has 0 aliphatic rings. The quantitative estimate of drug-likeness (QED) is 0.686. The van der Waals surface area contributed by atoms with Crippen molar-refractivity contribution >= 4 is 5.82 Å². The fourth-order valence-electron chi connectivity index (χ4n) is 1.94. The molecule has 92 valence electrons. The second kappa shape index (κ2) is 7.31. The van der Waals surface area contributed by atoms with Crippen LogP contribution in [0.2, 0.25) is 0 Å². The summed E-state index contributed by atoms with van der Waals surface area (Å²) in [7, 11) is 0. The minimum Gasteiger partial charge on any atom is -0.382 e. The molecule has 16 heavy (non-hydrogen) atoms. The van der Waals surface area contributed by atoms with E-state index >= 15 is 0 Å². The van der Waals surface area contributed by atoms with Crippen molar-refractivity contribution in [3.05, 3.63) is 11.8 Å². The van der Waals surface area contributed by atoms with E-state index in [9.17, 15) is 0 Å². The van der Waals surface area contributed by atoms with Gasteiger partial charge in [-0.3, -0.25) is 4.68 Å².